The van der Waals surface area contributed by atoms with Crippen molar-refractivity contribution >= 4 is 5.97 Å². The van der Waals surface area contributed by atoms with Crippen LogP contribution in [-0.2, 0) is 16.0 Å². The number of rotatable bonds is 6. The van der Waals surface area contributed by atoms with Gasteiger partial charge in [-0.3, -0.25) is 4.79 Å². The van der Waals surface area contributed by atoms with Crippen LogP contribution in [0.2, 0.25) is 0 Å². The second-order valence-electron chi connectivity index (χ2n) is 6.36. The predicted molar refractivity (Wildman–Crippen MR) is 73.6 cm³/mol. The molecule has 2 aliphatic carbocycles. The van der Waals surface area contributed by atoms with Gasteiger partial charge in [-0.05, 0) is 31.6 Å². The van der Waals surface area contributed by atoms with Crippen LogP contribution in [0.3, 0.4) is 0 Å². The fraction of sp³-hybridized carbons (Fsp3) is 0.800. The maximum absolute atomic E-state index is 11.7. The van der Waals surface area contributed by atoms with Crippen LogP contribution in [0, 0.1) is 11.3 Å². The number of carboxylic acids is 1. The molecule has 6 nitrogen and oxygen atoms in total. The summed E-state index contributed by atoms with van der Waals surface area (Å²) in [6.45, 7) is 0. The smallest absolute Gasteiger partial charge is 0.310 e. The minimum atomic E-state index is -0.743. The standard InChI is InChI=1S/C15H22N2O4/c1-20-12(10-5-6-10)13-16-11(21-17-13)9-15(14(18)19)7-3-2-4-8-15/h10,12H,2-9H2,1H3,(H,18,19). The fourth-order valence-corrected chi connectivity index (χ4v) is 3.35. The number of carboxylic acid groups (broad SMARTS) is 1. The summed E-state index contributed by atoms with van der Waals surface area (Å²) in [6.07, 6.45) is 6.87. The quantitative estimate of drug-likeness (QED) is 0.868. The van der Waals surface area contributed by atoms with E-state index in [1.54, 1.807) is 7.11 Å². The molecular weight excluding hydrogens is 272 g/mol. The van der Waals surface area contributed by atoms with Crippen LogP contribution in [0.25, 0.3) is 0 Å². The Hall–Kier alpha value is -1.43. The third kappa shape index (κ3) is 2.95. The van der Waals surface area contributed by atoms with E-state index >= 15 is 0 Å². The minimum absolute atomic E-state index is 0.116. The first-order chi connectivity index (χ1) is 10.1. The van der Waals surface area contributed by atoms with Crippen molar-refractivity contribution in [2.75, 3.05) is 7.11 Å². The van der Waals surface area contributed by atoms with Crippen LogP contribution in [-0.4, -0.2) is 28.3 Å². The summed E-state index contributed by atoms with van der Waals surface area (Å²) in [4.78, 5) is 16.1. The fourth-order valence-electron chi connectivity index (χ4n) is 3.35. The Morgan fingerprint density at radius 3 is 2.71 bits per heavy atom. The zero-order chi connectivity index (χ0) is 14.9. The average molecular weight is 294 g/mol. The number of hydrogen-bond acceptors (Lipinski definition) is 5. The highest BCUT2D eigenvalue weighted by molar-refractivity contribution is 5.75. The molecule has 1 unspecified atom stereocenters. The number of hydrogen-bond donors (Lipinski definition) is 1. The summed E-state index contributed by atoms with van der Waals surface area (Å²) in [7, 11) is 1.65. The van der Waals surface area contributed by atoms with Gasteiger partial charge in [0.05, 0.1) is 5.41 Å². The zero-order valence-corrected chi connectivity index (χ0v) is 12.4. The minimum Gasteiger partial charge on any atom is -0.481 e. The second-order valence-corrected chi connectivity index (χ2v) is 6.36. The van der Waals surface area contributed by atoms with Crippen molar-refractivity contribution < 1.29 is 19.2 Å². The molecule has 0 aromatic carbocycles. The highest BCUT2D eigenvalue weighted by Gasteiger charge is 2.42. The molecule has 116 valence electrons. The summed E-state index contributed by atoms with van der Waals surface area (Å²) in [6, 6.07) is 0. The Bertz CT molecular complexity index is 504. The topological polar surface area (TPSA) is 85.5 Å². The van der Waals surface area contributed by atoms with E-state index in [0.717, 1.165) is 32.1 Å². The van der Waals surface area contributed by atoms with Crippen molar-refractivity contribution in [2.24, 2.45) is 11.3 Å². The number of methoxy groups -OCH3 is 1. The summed E-state index contributed by atoms with van der Waals surface area (Å²) < 4.78 is 10.7. The maximum atomic E-state index is 11.7. The average Bonchev–Trinajstić information content (AvgIpc) is 3.21. The van der Waals surface area contributed by atoms with Crippen LogP contribution in [0.5, 0.6) is 0 Å². The first kappa shape index (κ1) is 14.5. The molecule has 0 aliphatic heterocycles. The summed E-state index contributed by atoms with van der Waals surface area (Å²) >= 11 is 0. The van der Waals surface area contributed by atoms with E-state index in [0.29, 0.717) is 36.9 Å². The van der Waals surface area contributed by atoms with E-state index in [4.69, 9.17) is 9.26 Å². The summed E-state index contributed by atoms with van der Waals surface area (Å²) in [5.74, 6) is 0.722. The number of ether oxygens (including phenoxy) is 1. The summed E-state index contributed by atoms with van der Waals surface area (Å²) in [5, 5.41) is 13.6. The van der Waals surface area contributed by atoms with Crippen molar-refractivity contribution in [3.8, 4) is 0 Å². The van der Waals surface area contributed by atoms with Crippen molar-refractivity contribution in [1.82, 2.24) is 10.1 Å². The molecule has 1 N–H and O–H groups in total. The van der Waals surface area contributed by atoms with Crippen molar-refractivity contribution in [1.29, 1.82) is 0 Å². The van der Waals surface area contributed by atoms with Gasteiger partial charge in [-0.15, -0.1) is 0 Å². The van der Waals surface area contributed by atoms with Gasteiger partial charge < -0.3 is 14.4 Å². The molecule has 1 atom stereocenters. The molecule has 1 aromatic rings. The molecule has 0 radical (unpaired) electrons. The zero-order valence-electron chi connectivity index (χ0n) is 12.4. The van der Waals surface area contributed by atoms with Gasteiger partial charge >= 0.3 is 5.97 Å². The molecule has 2 aliphatic rings. The summed E-state index contributed by atoms with van der Waals surface area (Å²) in [5.41, 5.74) is -0.732. The van der Waals surface area contributed by atoms with E-state index < -0.39 is 11.4 Å². The van der Waals surface area contributed by atoms with Crippen LogP contribution >= 0.6 is 0 Å². The van der Waals surface area contributed by atoms with Crippen LogP contribution in [0.4, 0.5) is 0 Å². The Balaban J connectivity index is 1.74. The van der Waals surface area contributed by atoms with Gasteiger partial charge in [0.15, 0.2) is 0 Å². The SMILES string of the molecule is COC(c1noc(CC2(C(=O)O)CCCCC2)n1)C1CC1. The van der Waals surface area contributed by atoms with Gasteiger partial charge in [0.1, 0.15) is 6.10 Å². The molecule has 2 fully saturated rings. The van der Waals surface area contributed by atoms with Crippen LogP contribution < -0.4 is 0 Å². The van der Waals surface area contributed by atoms with E-state index in [2.05, 4.69) is 10.1 Å². The van der Waals surface area contributed by atoms with E-state index in [1.807, 2.05) is 0 Å². The van der Waals surface area contributed by atoms with Crippen molar-refractivity contribution in [3.63, 3.8) is 0 Å². The maximum Gasteiger partial charge on any atom is 0.310 e. The first-order valence-corrected chi connectivity index (χ1v) is 7.73. The molecule has 0 saturated heterocycles. The molecule has 1 heterocycles. The number of carbonyl (C=O) groups is 1. The lowest BCUT2D eigenvalue weighted by Gasteiger charge is -2.31. The molecule has 0 bridgehead atoms. The van der Waals surface area contributed by atoms with E-state index in [1.165, 1.54) is 0 Å². The Labute approximate surface area is 123 Å². The number of aliphatic carboxylic acids is 1. The first-order valence-electron chi connectivity index (χ1n) is 7.73. The monoisotopic (exact) mass is 294 g/mol. The van der Waals surface area contributed by atoms with Crippen molar-refractivity contribution in [3.05, 3.63) is 11.7 Å². The third-order valence-corrected chi connectivity index (χ3v) is 4.80. The molecule has 21 heavy (non-hydrogen) atoms. The van der Waals surface area contributed by atoms with Gasteiger partial charge in [0, 0.05) is 13.5 Å². The van der Waals surface area contributed by atoms with Crippen LogP contribution in [0.15, 0.2) is 4.52 Å². The normalized spacial score (nSPS) is 22.9. The molecule has 0 amide bonds. The lowest BCUT2D eigenvalue weighted by atomic mass is 9.72. The molecule has 6 heteroatoms. The van der Waals surface area contributed by atoms with Crippen LogP contribution in [0.1, 0.15) is 62.8 Å². The third-order valence-electron chi connectivity index (χ3n) is 4.80. The Kier molecular flexibility index (Phi) is 3.97. The lowest BCUT2D eigenvalue weighted by Crippen LogP contribution is -2.35. The van der Waals surface area contributed by atoms with Gasteiger partial charge in [0.25, 0.3) is 0 Å². The molecule has 2 saturated carbocycles. The predicted octanol–water partition coefficient (Wildman–Crippen LogP) is 2.74. The van der Waals surface area contributed by atoms with Crippen molar-refractivity contribution in [2.45, 2.75) is 57.5 Å². The molecular formula is C15H22N2O4. The van der Waals surface area contributed by atoms with Gasteiger partial charge in [-0.1, -0.05) is 24.4 Å². The van der Waals surface area contributed by atoms with Gasteiger partial charge in [-0.2, -0.15) is 4.98 Å². The van der Waals surface area contributed by atoms with E-state index in [9.17, 15) is 9.90 Å². The van der Waals surface area contributed by atoms with Gasteiger partial charge in [-0.25, -0.2) is 0 Å². The second kappa shape index (κ2) is 5.75. The highest BCUT2D eigenvalue weighted by atomic mass is 16.5. The molecule has 0 spiro atoms. The Morgan fingerprint density at radius 1 is 1.43 bits per heavy atom. The number of aromatic nitrogens is 2. The molecule has 1 aromatic heterocycles. The van der Waals surface area contributed by atoms with E-state index in [-0.39, 0.29) is 6.10 Å². The van der Waals surface area contributed by atoms with Gasteiger partial charge in [0.2, 0.25) is 11.7 Å². The lowest BCUT2D eigenvalue weighted by molar-refractivity contribution is -0.151. The highest BCUT2D eigenvalue weighted by Crippen LogP contribution is 2.43. The number of nitrogens with zero attached hydrogens (tertiary/aromatic N) is 2. The Morgan fingerprint density at radius 2 is 2.14 bits per heavy atom. The molecule has 3 rings (SSSR count). The largest absolute Gasteiger partial charge is 0.481 e.